The Morgan fingerprint density at radius 2 is 1.70 bits per heavy atom. The highest BCUT2D eigenvalue weighted by atomic mass is 16.5. The zero-order chi connectivity index (χ0) is 17.2. The number of ether oxygens (including phenoxy) is 2. The van der Waals surface area contributed by atoms with E-state index in [2.05, 4.69) is 15.4 Å². The van der Waals surface area contributed by atoms with Crippen molar-refractivity contribution in [3.8, 4) is 5.75 Å². The number of hydrogen-bond acceptors (Lipinski definition) is 6. The Kier molecular flexibility index (Phi) is 7.55. The minimum atomic E-state index is -0.798. The summed E-state index contributed by atoms with van der Waals surface area (Å²) in [6.45, 7) is 1.72. The maximum absolute atomic E-state index is 11.9. The number of amides is 3. The zero-order valence-electron chi connectivity index (χ0n) is 13.4. The highest BCUT2D eigenvalue weighted by Gasteiger charge is 2.13. The highest BCUT2D eigenvalue weighted by molar-refractivity contribution is 5.94. The first-order chi connectivity index (χ1) is 10.9. The van der Waals surface area contributed by atoms with E-state index in [9.17, 15) is 14.4 Å². The number of nitrogens with one attached hydrogen (secondary N) is 2. The van der Waals surface area contributed by atoms with Gasteiger partial charge in [-0.3, -0.25) is 19.8 Å². The fourth-order valence-electron chi connectivity index (χ4n) is 1.74. The van der Waals surface area contributed by atoms with Gasteiger partial charge in [0.05, 0.1) is 26.8 Å². The maximum atomic E-state index is 11.9. The molecule has 0 radical (unpaired) electrons. The Balaban J connectivity index is 2.37. The van der Waals surface area contributed by atoms with Crippen molar-refractivity contribution in [1.82, 2.24) is 10.2 Å². The molecule has 8 nitrogen and oxygen atoms in total. The van der Waals surface area contributed by atoms with Gasteiger partial charge < -0.3 is 14.8 Å². The number of alkyl carbamates (subject to hydrolysis) is 1. The van der Waals surface area contributed by atoms with E-state index in [1.165, 1.54) is 4.90 Å². The molecule has 0 atom stereocenters. The standard InChI is InChI=1S/C15H21N3O5/c1-4-23-15(21)17-14(20)10-18(2)9-13(19)16-11-5-7-12(22-3)8-6-11/h5-8H,4,9-10H2,1-3H3,(H,16,19)(H,17,20,21). The van der Waals surface area contributed by atoms with Gasteiger partial charge in [0.15, 0.2) is 0 Å². The molecule has 8 heteroatoms. The first-order valence-electron chi connectivity index (χ1n) is 7.03. The van der Waals surface area contributed by atoms with Crippen molar-refractivity contribution in [3.05, 3.63) is 24.3 Å². The van der Waals surface area contributed by atoms with Crippen molar-refractivity contribution < 1.29 is 23.9 Å². The van der Waals surface area contributed by atoms with Gasteiger partial charge in [-0.2, -0.15) is 0 Å². The second-order valence-electron chi connectivity index (χ2n) is 4.72. The first-order valence-corrected chi connectivity index (χ1v) is 7.03. The van der Waals surface area contributed by atoms with Gasteiger partial charge in [-0.05, 0) is 38.2 Å². The Labute approximate surface area is 134 Å². The molecule has 0 aliphatic rings. The molecule has 2 N–H and O–H groups in total. The van der Waals surface area contributed by atoms with E-state index in [1.807, 2.05) is 0 Å². The minimum Gasteiger partial charge on any atom is -0.497 e. The zero-order valence-corrected chi connectivity index (χ0v) is 13.4. The van der Waals surface area contributed by atoms with E-state index in [4.69, 9.17) is 4.74 Å². The predicted molar refractivity (Wildman–Crippen MR) is 84.3 cm³/mol. The van der Waals surface area contributed by atoms with Crippen molar-refractivity contribution in [2.24, 2.45) is 0 Å². The number of carbonyl (C=O) groups is 3. The topological polar surface area (TPSA) is 97.0 Å². The molecule has 126 valence electrons. The summed E-state index contributed by atoms with van der Waals surface area (Å²) in [5.41, 5.74) is 0.625. The summed E-state index contributed by atoms with van der Waals surface area (Å²) in [6, 6.07) is 6.88. The van der Waals surface area contributed by atoms with Crippen molar-refractivity contribution in [2.75, 3.05) is 39.2 Å². The molecule has 1 aromatic rings. The lowest BCUT2D eigenvalue weighted by Gasteiger charge is -2.15. The predicted octanol–water partition coefficient (Wildman–Crippen LogP) is 0.838. The fourth-order valence-corrected chi connectivity index (χ4v) is 1.74. The number of carbonyl (C=O) groups excluding carboxylic acids is 3. The van der Waals surface area contributed by atoms with E-state index < -0.39 is 12.0 Å². The third-order valence-electron chi connectivity index (χ3n) is 2.72. The molecule has 0 heterocycles. The van der Waals surface area contributed by atoms with Gasteiger partial charge in [0.1, 0.15) is 5.75 Å². The van der Waals surface area contributed by atoms with Gasteiger partial charge in [-0.25, -0.2) is 4.79 Å². The molecule has 0 aromatic heterocycles. The number of methoxy groups -OCH3 is 1. The summed E-state index contributed by atoms with van der Waals surface area (Å²) >= 11 is 0. The van der Waals surface area contributed by atoms with Crippen LogP contribution >= 0.6 is 0 Å². The molecular weight excluding hydrogens is 302 g/mol. The average Bonchev–Trinajstić information content (AvgIpc) is 2.47. The average molecular weight is 323 g/mol. The van der Waals surface area contributed by atoms with E-state index >= 15 is 0 Å². The summed E-state index contributed by atoms with van der Waals surface area (Å²) in [6.07, 6.45) is -0.798. The van der Waals surface area contributed by atoms with Gasteiger partial charge in [0.2, 0.25) is 11.8 Å². The highest BCUT2D eigenvalue weighted by Crippen LogP contribution is 2.14. The molecule has 23 heavy (non-hydrogen) atoms. The number of nitrogens with zero attached hydrogens (tertiary/aromatic N) is 1. The smallest absolute Gasteiger partial charge is 0.413 e. The largest absolute Gasteiger partial charge is 0.497 e. The Bertz CT molecular complexity index is 545. The SMILES string of the molecule is CCOC(=O)NC(=O)CN(C)CC(=O)Nc1ccc(OC)cc1. The van der Waals surface area contributed by atoms with Crippen LogP contribution < -0.4 is 15.4 Å². The van der Waals surface area contributed by atoms with Crippen LogP contribution in [0.5, 0.6) is 5.75 Å². The van der Waals surface area contributed by atoms with Crippen LogP contribution in [-0.4, -0.2) is 56.7 Å². The van der Waals surface area contributed by atoms with E-state index in [0.717, 1.165) is 0 Å². The number of rotatable bonds is 7. The lowest BCUT2D eigenvalue weighted by Crippen LogP contribution is -2.41. The minimum absolute atomic E-state index is 0.00226. The normalized spacial score (nSPS) is 10.1. The van der Waals surface area contributed by atoms with Gasteiger partial charge in [0.25, 0.3) is 0 Å². The van der Waals surface area contributed by atoms with Gasteiger partial charge >= 0.3 is 6.09 Å². The van der Waals surface area contributed by atoms with Crippen LogP contribution in [0.3, 0.4) is 0 Å². The molecule has 3 amide bonds. The molecule has 0 aliphatic heterocycles. The second-order valence-corrected chi connectivity index (χ2v) is 4.72. The molecule has 0 spiro atoms. The molecule has 1 aromatic carbocycles. The molecule has 0 bridgehead atoms. The summed E-state index contributed by atoms with van der Waals surface area (Å²) in [5.74, 6) is -0.124. The summed E-state index contributed by atoms with van der Waals surface area (Å²) in [7, 11) is 3.15. The molecule has 0 aliphatic carbocycles. The van der Waals surface area contributed by atoms with E-state index in [-0.39, 0.29) is 25.6 Å². The van der Waals surface area contributed by atoms with Crippen LogP contribution in [0.25, 0.3) is 0 Å². The Morgan fingerprint density at radius 1 is 1.09 bits per heavy atom. The molecule has 0 saturated heterocycles. The van der Waals surface area contributed by atoms with Crippen LogP contribution in [0.15, 0.2) is 24.3 Å². The van der Waals surface area contributed by atoms with Crippen molar-refractivity contribution in [1.29, 1.82) is 0 Å². The van der Waals surface area contributed by atoms with Crippen molar-refractivity contribution in [2.45, 2.75) is 6.92 Å². The number of likely N-dealkylation sites (N-methyl/N-ethyl adjacent to an activating group) is 1. The Morgan fingerprint density at radius 3 is 2.26 bits per heavy atom. The van der Waals surface area contributed by atoms with Crippen LogP contribution in [-0.2, 0) is 14.3 Å². The fraction of sp³-hybridized carbons (Fsp3) is 0.400. The van der Waals surface area contributed by atoms with Crippen molar-refractivity contribution >= 4 is 23.6 Å². The van der Waals surface area contributed by atoms with E-state index in [0.29, 0.717) is 11.4 Å². The molecule has 0 fully saturated rings. The quantitative estimate of drug-likeness (QED) is 0.772. The Hall–Kier alpha value is -2.61. The summed E-state index contributed by atoms with van der Waals surface area (Å²) < 4.78 is 9.62. The summed E-state index contributed by atoms with van der Waals surface area (Å²) in [4.78, 5) is 36.0. The van der Waals surface area contributed by atoms with Gasteiger partial charge in [-0.15, -0.1) is 0 Å². The maximum Gasteiger partial charge on any atom is 0.413 e. The van der Waals surface area contributed by atoms with Crippen LogP contribution in [0.2, 0.25) is 0 Å². The van der Waals surface area contributed by atoms with Gasteiger partial charge in [-0.1, -0.05) is 0 Å². The molecular formula is C15H21N3O5. The summed E-state index contributed by atoms with van der Waals surface area (Å²) in [5, 5.41) is 4.76. The molecule has 1 rings (SSSR count). The van der Waals surface area contributed by atoms with Crippen molar-refractivity contribution in [3.63, 3.8) is 0 Å². The first kappa shape index (κ1) is 18.4. The molecule has 0 saturated carbocycles. The van der Waals surface area contributed by atoms with Crippen LogP contribution in [0, 0.1) is 0 Å². The van der Waals surface area contributed by atoms with E-state index in [1.54, 1.807) is 45.3 Å². The number of anilines is 1. The third kappa shape index (κ3) is 7.28. The number of imide groups is 1. The van der Waals surface area contributed by atoms with Crippen LogP contribution in [0.1, 0.15) is 6.92 Å². The lowest BCUT2D eigenvalue weighted by molar-refractivity contribution is -0.122. The molecule has 0 unspecified atom stereocenters. The van der Waals surface area contributed by atoms with Gasteiger partial charge in [0, 0.05) is 5.69 Å². The number of hydrogen-bond donors (Lipinski definition) is 2. The monoisotopic (exact) mass is 323 g/mol. The lowest BCUT2D eigenvalue weighted by atomic mass is 10.3. The second kappa shape index (κ2) is 9.42. The van der Waals surface area contributed by atoms with Crippen LogP contribution in [0.4, 0.5) is 10.5 Å². The number of benzene rings is 1. The third-order valence-corrected chi connectivity index (χ3v) is 2.72.